The highest BCUT2D eigenvalue weighted by Crippen LogP contribution is 2.28. The van der Waals surface area contributed by atoms with Gasteiger partial charge in [-0.1, -0.05) is 30.9 Å². The van der Waals surface area contributed by atoms with Gasteiger partial charge in [-0.3, -0.25) is 14.7 Å². The number of aromatic nitrogens is 3. The molecule has 0 radical (unpaired) electrons. The second kappa shape index (κ2) is 8.21. The van der Waals surface area contributed by atoms with Crippen LogP contribution in [0.15, 0.2) is 29.2 Å². The van der Waals surface area contributed by atoms with E-state index in [-0.39, 0.29) is 5.56 Å². The lowest BCUT2D eigenvalue weighted by Crippen LogP contribution is -2.45. The minimum atomic E-state index is -0.0712. The molecule has 0 saturated heterocycles. The first-order chi connectivity index (χ1) is 14.6. The molecular formula is C22H26ClN5OS. The molecule has 3 N–H and O–H groups in total. The summed E-state index contributed by atoms with van der Waals surface area (Å²) in [5.41, 5.74) is 2.98. The molecule has 1 aliphatic carbocycles. The van der Waals surface area contributed by atoms with Crippen LogP contribution in [0.3, 0.4) is 0 Å². The third-order valence-electron chi connectivity index (χ3n) is 6.53. The highest BCUT2D eigenvalue weighted by Gasteiger charge is 2.28. The first kappa shape index (κ1) is 19.8. The maximum atomic E-state index is 12.7. The first-order valence-electron chi connectivity index (χ1n) is 10.7. The van der Waals surface area contributed by atoms with Gasteiger partial charge < -0.3 is 14.9 Å². The van der Waals surface area contributed by atoms with Gasteiger partial charge in [0.2, 0.25) is 0 Å². The fourth-order valence-corrected chi connectivity index (χ4v) is 5.35. The van der Waals surface area contributed by atoms with E-state index < -0.39 is 0 Å². The Labute approximate surface area is 185 Å². The zero-order chi connectivity index (χ0) is 20.7. The Morgan fingerprint density at radius 1 is 1.20 bits per heavy atom. The fourth-order valence-electron chi connectivity index (χ4n) is 4.90. The normalized spacial score (nSPS) is 17.8. The predicted octanol–water partition coefficient (Wildman–Crippen LogP) is 4.80. The third-order valence-corrected chi connectivity index (χ3v) is 7.09. The average Bonchev–Trinajstić information content (AvgIpc) is 3.16. The molecule has 2 aromatic heterocycles. The summed E-state index contributed by atoms with van der Waals surface area (Å²) in [6.07, 6.45) is 9.15. The number of aromatic amines is 2. The van der Waals surface area contributed by atoms with E-state index in [9.17, 15) is 4.79 Å². The lowest BCUT2D eigenvalue weighted by Gasteiger charge is -2.38. The van der Waals surface area contributed by atoms with Gasteiger partial charge in [-0.05, 0) is 55.2 Å². The molecule has 2 aliphatic rings. The van der Waals surface area contributed by atoms with E-state index in [0.29, 0.717) is 23.9 Å². The van der Waals surface area contributed by atoms with Crippen molar-refractivity contribution in [1.82, 2.24) is 19.4 Å². The number of rotatable bonds is 4. The highest BCUT2D eigenvalue weighted by atomic mass is 35.5. The van der Waals surface area contributed by atoms with Gasteiger partial charge in [0.25, 0.3) is 5.56 Å². The summed E-state index contributed by atoms with van der Waals surface area (Å²) in [7, 11) is 0. The largest absolute Gasteiger partial charge is 0.361 e. The molecule has 1 aromatic carbocycles. The van der Waals surface area contributed by atoms with E-state index in [1.54, 1.807) is 0 Å². The SMILES string of the molecule is O=c1[nH]c(=S)n(CCc2c[nH]c3ccc(Cl)cc23)c2c1CN(C1CCCCC1)CN2. The monoisotopic (exact) mass is 443 g/mol. The number of nitrogens with one attached hydrogen (secondary N) is 3. The standard InChI is InChI=1S/C22H26ClN5OS/c23-15-6-7-19-17(10-15)14(11-24-19)8-9-28-20-18(21(29)26-22(28)30)12-27(13-25-20)16-4-2-1-3-5-16/h6-7,10-11,16,24-25H,1-5,8-9,12-13H2,(H,26,29,30). The van der Waals surface area contributed by atoms with E-state index in [0.717, 1.165) is 40.4 Å². The molecule has 3 aromatic rings. The van der Waals surface area contributed by atoms with Gasteiger partial charge in [0.1, 0.15) is 5.82 Å². The fraction of sp³-hybridized carbons (Fsp3) is 0.455. The Morgan fingerprint density at radius 3 is 2.87 bits per heavy atom. The zero-order valence-electron chi connectivity index (χ0n) is 16.8. The minimum Gasteiger partial charge on any atom is -0.361 e. The zero-order valence-corrected chi connectivity index (χ0v) is 18.4. The summed E-state index contributed by atoms with van der Waals surface area (Å²) >= 11 is 11.7. The van der Waals surface area contributed by atoms with Crippen LogP contribution in [0.4, 0.5) is 5.82 Å². The molecule has 0 unspecified atom stereocenters. The molecule has 0 atom stereocenters. The van der Waals surface area contributed by atoms with Gasteiger partial charge in [0.15, 0.2) is 4.77 Å². The van der Waals surface area contributed by atoms with E-state index in [2.05, 4.69) is 20.2 Å². The number of benzene rings is 1. The van der Waals surface area contributed by atoms with Crippen molar-refractivity contribution in [3.63, 3.8) is 0 Å². The summed E-state index contributed by atoms with van der Waals surface area (Å²) in [5, 5.41) is 5.37. The number of halogens is 1. The van der Waals surface area contributed by atoms with Crippen molar-refractivity contribution in [2.45, 2.75) is 57.7 Å². The van der Waals surface area contributed by atoms with Crippen molar-refractivity contribution in [3.8, 4) is 0 Å². The molecule has 158 valence electrons. The molecule has 0 amide bonds. The Balaban J connectivity index is 1.41. The number of anilines is 1. The van der Waals surface area contributed by atoms with Gasteiger partial charge in [0.05, 0.1) is 12.2 Å². The average molecular weight is 444 g/mol. The van der Waals surface area contributed by atoms with E-state index in [1.807, 2.05) is 29.0 Å². The summed E-state index contributed by atoms with van der Waals surface area (Å²) in [6.45, 7) is 2.13. The first-order valence-corrected chi connectivity index (χ1v) is 11.5. The molecule has 0 spiro atoms. The van der Waals surface area contributed by atoms with Crippen molar-refractivity contribution in [3.05, 3.63) is 55.7 Å². The van der Waals surface area contributed by atoms with E-state index >= 15 is 0 Å². The van der Waals surface area contributed by atoms with Crippen LogP contribution in [-0.4, -0.2) is 32.1 Å². The van der Waals surface area contributed by atoms with Crippen molar-refractivity contribution < 1.29 is 0 Å². The minimum absolute atomic E-state index is 0.0712. The van der Waals surface area contributed by atoms with E-state index in [4.69, 9.17) is 23.8 Å². The third kappa shape index (κ3) is 3.70. The Bertz CT molecular complexity index is 1190. The molecule has 1 saturated carbocycles. The molecule has 3 heterocycles. The summed E-state index contributed by atoms with van der Waals surface area (Å²) < 4.78 is 2.50. The molecular weight excluding hydrogens is 418 g/mol. The van der Waals surface area contributed by atoms with Crippen molar-refractivity contribution >= 4 is 40.5 Å². The number of aryl methyl sites for hydroxylation is 1. The Kier molecular flexibility index (Phi) is 5.43. The number of hydrogen-bond acceptors (Lipinski definition) is 4. The summed E-state index contributed by atoms with van der Waals surface area (Å²) in [6, 6.07) is 6.44. The molecule has 0 bridgehead atoms. The van der Waals surface area contributed by atoms with Crippen molar-refractivity contribution in [2.75, 3.05) is 12.0 Å². The summed E-state index contributed by atoms with van der Waals surface area (Å²) in [5.74, 6) is 0.869. The van der Waals surface area contributed by atoms with Gasteiger partial charge >= 0.3 is 0 Å². The molecule has 6 nitrogen and oxygen atoms in total. The van der Waals surface area contributed by atoms with Gasteiger partial charge in [0, 0.05) is 41.3 Å². The van der Waals surface area contributed by atoms with Crippen LogP contribution >= 0.6 is 23.8 Å². The van der Waals surface area contributed by atoms with Gasteiger partial charge in [-0.15, -0.1) is 0 Å². The van der Waals surface area contributed by atoms with Crippen LogP contribution in [-0.2, 0) is 19.5 Å². The lowest BCUT2D eigenvalue weighted by molar-refractivity contribution is 0.152. The van der Waals surface area contributed by atoms with Gasteiger partial charge in [-0.2, -0.15) is 0 Å². The number of hydrogen-bond donors (Lipinski definition) is 3. The molecule has 1 fully saturated rings. The van der Waals surface area contributed by atoms with Gasteiger partial charge in [-0.25, -0.2) is 0 Å². The predicted molar refractivity (Wildman–Crippen MR) is 124 cm³/mol. The van der Waals surface area contributed by atoms with Crippen LogP contribution in [0.5, 0.6) is 0 Å². The van der Waals surface area contributed by atoms with E-state index in [1.165, 1.54) is 37.7 Å². The molecule has 1 aliphatic heterocycles. The van der Waals surface area contributed by atoms with Crippen molar-refractivity contribution in [1.29, 1.82) is 0 Å². The Morgan fingerprint density at radius 2 is 2.03 bits per heavy atom. The maximum Gasteiger partial charge on any atom is 0.258 e. The second-order valence-electron chi connectivity index (χ2n) is 8.37. The summed E-state index contributed by atoms with van der Waals surface area (Å²) in [4.78, 5) is 21.3. The molecule has 30 heavy (non-hydrogen) atoms. The maximum absolute atomic E-state index is 12.7. The van der Waals surface area contributed by atoms with Crippen molar-refractivity contribution in [2.24, 2.45) is 0 Å². The molecule has 8 heteroatoms. The second-order valence-corrected chi connectivity index (χ2v) is 9.19. The van der Waals surface area contributed by atoms with Crippen LogP contribution in [0.1, 0.15) is 43.2 Å². The van der Waals surface area contributed by atoms with Crippen LogP contribution in [0.2, 0.25) is 5.02 Å². The lowest BCUT2D eigenvalue weighted by atomic mass is 9.94. The topological polar surface area (TPSA) is 68.8 Å². The number of H-pyrrole nitrogens is 2. The number of nitrogens with zero attached hydrogens (tertiary/aromatic N) is 2. The highest BCUT2D eigenvalue weighted by molar-refractivity contribution is 7.71. The quantitative estimate of drug-likeness (QED) is 0.506. The van der Waals surface area contributed by atoms with Crippen LogP contribution in [0, 0.1) is 4.77 Å². The number of fused-ring (bicyclic) bond motifs is 2. The van der Waals surface area contributed by atoms with Crippen LogP contribution in [0.25, 0.3) is 10.9 Å². The van der Waals surface area contributed by atoms with Crippen LogP contribution < -0.4 is 10.9 Å². The Hall–Kier alpha value is -2.09. The smallest absolute Gasteiger partial charge is 0.258 e. The molecule has 5 rings (SSSR count).